The fourth-order valence-electron chi connectivity index (χ4n) is 4.51. The molecule has 3 aromatic heterocycles. The van der Waals surface area contributed by atoms with Crippen molar-refractivity contribution in [1.82, 2.24) is 23.9 Å². The molecule has 0 aliphatic heterocycles. The van der Waals surface area contributed by atoms with Crippen molar-refractivity contribution in [3.05, 3.63) is 86.6 Å². The summed E-state index contributed by atoms with van der Waals surface area (Å²) in [6.45, 7) is 1.19. The third-order valence-corrected chi connectivity index (χ3v) is 7.51. The van der Waals surface area contributed by atoms with Crippen LogP contribution in [0.1, 0.15) is 29.7 Å². The van der Waals surface area contributed by atoms with Gasteiger partial charge in [-0.1, -0.05) is 0 Å². The summed E-state index contributed by atoms with van der Waals surface area (Å²) >= 11 is 0. The molecule has 0 radical (unpaired) electrons. The van der Waals surface area contributed by atoms with Gasteiger partial charge in [0.2, 0.25) is 10.9 Å². The molecule has 5 rings (SSSR count). The lowest BCUT2D eigenvalue weighted by Crippen LogP contribution is -2.41. The van der Waals surface area contributed by atoms with Gasteiger partial charge in [0.15, 0.2) is 0 Å². The van der Waals surface area contributed by atoms with Crippen molar-refractivity contribution >= 4 is 27.5 Å². The Hall–Kier alpha value is -3.80. The predicted molar refractivity (Wildman–Crippen MR) is 134 cm³/mol. The molecule has 1 saturated carbocycles. The highest BCUT2D eigenvalue weighted by molar-refractivity contribution is 7.74. The Morgan fingerprint density at radius 1 is 1.11 bits per heavy atom. The smallest absolute Gasteiger partial charge is 0.287 e. The van der Waals surface area contributed by atoms with Gasteiger partial charge >= 0.3 is 5.69 Å². The van der Waals surface area contributed by atoms with Crippen LogP contribution in [-0.4, -0.2) is 44.5 Å². The maximum atomic E-state index is 13.8. The summed E-state index contributed by atoms with van der Waals surface area (Å²) in [6.07, 6.45) is 5.72. The molecule has 1 aliphatic carbocycles. The Kier molecular flexibility index (Phi) is 5.99. The van der Waals surface area contributed by atoms with Crippen LogP contribution in [0.2, 0.25) is 0 Å². The summed E-state index contributed by atoms with van der Waals surface area (Å²) in [4.78, 5) is 31.5. The van der Waals surface area contributed by atoms with E-state index in [0.717, 1.165) is 14.4 Å². The van der Waals surface area contributed by atoms with E-state index in [4.69, 9.17) is 0 Å². The second-order valence-electron chi connectivity index (χ2n) is 9.22. The first-order valence-electron chi connectivity index (χ1n) is 11.4. The van der Waals surface area contributed by atoms with Crippen molar-refractivity contribution in [3.8, 4) is 0 Å². The van der Waals surface area contributed by atoms with E-state index in [1.165, 1.54) is 22.8 Å². The summed E-state index contributed by atoms with van der Waals surface area (Å²) in [5.74, 6) is 0. The molecule has 0 spiro atoms. The minimum Gasteiger partial charge on any atom is -0.287 e. The van der Waals surface area contributed by atoms with Gasteiger partial charge in [0.1, 0.15) is 6.67 Å². The molecule has 1 fully saturated rings. The number of benzene rings is 1. The standard InChI is InChI=1S/C24H25FN6O4S/c1-16-5-8-26-18(9-16)14-29-21-4-3-19(31(36(34)35)24(15-25)6-7-24)10-20(21)22(32)30(23(29)33)13-17-11-27-28(2)12-17/h3-5,8-12,36H,6-7,13-15H2,1-2H3. The number of aryl methyl sites for hydroxylation is 2. The number of nitrogens with zero attached hydrogens (tertiary/aromatic N) is 6. The predicted octanol–water partition coefficient (Wildman–Crippen LogP) is 1.53. The molecule has 188 valence electrons. The SMILES string of the molecule is Cc1ccnc(Cn2c(=O)n(Cc3cnn(C)c3)c(=O)c3cc(N([SH](=O)=O)C4(CF)CC4)ccc32)c1. The Morgan fingerprint density at radius 3 is 2.50 bits per heavy atom. The van der Waals surface area contributed by atoms with Crippen LogP contribution >= 0.6 is 0 Å². The molecular weight excluding hydrogens is 487 g/mol. The molecule has 0 bridgehead atoms. The number of anilines is 1. The van der Waals surface area contributed by atoms with E-state index in [1.807, 2.05) is 19.1 Å². The van der Waals surface area contributed by atoms with Crippen molar-refractivity contribution in [2.75, 3.05) is 11.0 Å². The first kappa shape index (κ1) is 23.9. The monoisotopic (exact) mass is 512 g/mol. The van der Waals surface area contributed by atoms with Gasteiger partial charge < -0.3 is 0 Å². The second-order valence-corrected chi connectivity index (χ2v) is 10.1. The van der Waals surface area contributed by atoms with Gasteiger partial charge in [0, 0.05) is 25.0 Å². The lowest BCUT2D eigenvalue weighted by Gasteiger charge is -2.26. The van der Waals surface area contributed by atoms with E-state index in [2.05, 4.69) is 10.1 Å². The quantitative estimate of drug-likeness (QED) is 0.359. The number of rotatable bonds is 8. The van der Waals surface area contributed by atoms with Crippen LogP contribution in [0, 0.1) is 6.92 Å². The summed E-state index contributed by atoms with van der Waals surface area (Å²) in [6, 6.07) is 8.17. The summed E-state index contributed by atoms with van der Waals surface area (Å²) in [7, 11) is -1.41. The van der Waals surface area contributed by atoms with Crippen LogP contribution in [0.3, 0.4) is 0 Å². The number of alkyl halides is 1. The van der Waals surface area contributed by atoms with Gasteiger partial charge in [-0.05, 0) is 55.7 Å². The molecule has 3 heterocycles. The van der Waals surface area contributed by atoms with Crippen molar-refractivity contribution < 1.29 is 12.8 Å². The van der Waals surface area contributed by atoms with Crippen molar-refractivity contribution in [1.29, 1.82) is 0 Å². The lowest BCUT2D eigenvalue weighted by molar-refractivity contribution is 0.417. The van der Waals surface area contributed by atoms with Gasteiger partial charge in [-0.3, -0.25) is 27.9 Å². The molecular formula is C24H25FN6O4S. The minimum atomic E-state index is -3.14. The van der Waals surface area contributed by atoms with E-state index in [9.17, 15) is 22.4 Å². The molecule has 4 aromatic rings. The molecule has 36 heavy (non-hydrogen) atoms. The number of aromatic nitrogens is 5. The second kappa shape index (κ2) is 9.01. The number of hydrogen-bond acceptors (Lipinski definition) is 6. The maximum Gasteiger partial charge on any atom is 0.332 e. The normalized spacial score (nSPS) is 14.4. The lowest BCUT2D eigenvalue weighted by atomic mass is 10.1. The zero-order valence-electron chi connectivity index (χ0n) is 19.8. The molecule has 0 atom stereocenters. The van der Waals surface area contributed by atoms with Crippen LogP contribution in [-0.2, 0) is 31.0 Å². The number of halogens is 1. The molecule has 10 nitrogen and oxygen atoms in total. The van der Waals surface area contributed by atoms with E-state index < -0.39 is 34.4 Å². The topological polar surface area (TPSA) is 112 Å². The largest absolute Gasteiger partial charge is 0.332 e. The Morgan fingerprint density at radius 2 is 1.89 bits per heavy atom. The van der Waals surface area contributed by atoms with E-state index in [-0.39, 0.29) is 24.2 Å². The van der Waals surface area contributed by atoms with E-state index in [1.54, 1.807) is 30.3 Å². The molecule has 0 N–H and O–H groups in total. The number of pyridine rings is 1. The highest BCUT2D eigenvalue weighted by Crippen LogP contribution is 2.45. The highest BCUT2D eigenvalue weighted by atomic mass is 32.2. The average molecular weight is 513 g/mol. The number of fused-ring (bicyclic) bond motifs is 1. The zero-order chi connectivity index (χ0) is 25.6. The fourth-order valence-corrected chi connectivity index (χ4v) is 5.42. The Labute approximate surface area is 207 Å². The summed E-state index contributed by atoms with van der Waals surface area (Å²) < 4.78 is 43.2. The number of hydrogen-bond donors (Lipinski definition) is 1. The van der Waals surface area contributed by atoms with Crippen LogP contribution in [0.5, 0.6) is 0 Å². The van der Waals surface area contributed by atoms with Crippen molar-refractivity contribution in [2.24, 2.45) is 7.05 Å². The van der Waals surface area contributed by atoms with Gasteiger partial charge in [-0.15, -0.1) is 0 Å². The van der Waals surface area contributed by atoms with Crippen LogP contribution in [0.4, 0.5) is 10.1 Å². The zero-order valence-corrected chi connectivity index (χ0v) is 20.7. The average Bonchev–Trinajstić information content (AvgIpc) is 3.52. The van der Waals surface area contributed by atoms with Crippen LogP contribution in [0.25, 0.3) is 10.9 Å². The molecule has 1 aromatic carbocycles. The molecule has 0 saturated heterocycles. The molecule has 1 aliphatic rings. The van der Waals surface area contributed by atoms with Crippen LogP contribution < -0.4 is 15.6 Å². The minimum absolute atomic E-state index is 0.0130. The Balaban J connectivity index is 1.73. The van der Waals surface area contributed by atoms with Gasteiger partial charge in [-0.2, -0.15) is 5.10 Å². The van der Waals surface area contributed by atoms with E-state index in [0.29, 0.717) is 29.6 Å². The van der Waals surface area contributed by atoms with Gasteiger partial charge in [0.05, 0.1) is 47.1 Å². The first-order valence-corrected chi connectivity index (χ1v) is 12.5. The van der Waals surface area contributed by atoms with Crippen LogP contribution in [0.15, 0.2) is 58.5 Å². The molecule has 0 amide bonds. The maximum absolute atomic E-state index is 13.8. The van der Waals surface area contributed by atoms with Crippen molar-refractivity contribution in [2.45, 2.75) is 38.4 Å². The Bertz CT molecular complexity index is 1660. The van der Waals surface area contributed by atoms with Gasteiger partial charge in [0.25, 0.3) is 5.56 Å². The third-order valence-electron chi connectivity index (χ3n) is 6.53. The summed E-state index contributed by atoms with van der Waals surface area (Å²) in [5.41, 5.74) is 0.584. The van der Waals surface area contributed by atoms with Gasteiger partial charge in [-0.25, -0.2) is 17.6 Å². The molecule has 0 unspecified atom stereocenters. The van der Waals surface area contributed by atoms with E-state index >= 15 is 0 Å². The molecule has 12 heteroatoms. The number of thiol groups is 1. The first-order chi connectivity index (χ1) is 17.2. The third kappa shape index (κ3) is 4.21. The fraction of sp³-hybridized carbons (Fsp3) is 0.333. The highest BCUT2D eigenvalue weighted by Gasteiger charge is 2.50. The van der Waals surface area contributed by atoms with Crippen molar-refractivity contribution in [3.63, 3.8) is 0 Å². The summed E-state index contributed by atoms with van der Waals surface area (Å²) in [5, 5.41) is 4.26.